The van der Waals surface area contributed by atoms with Gasteiger partial charge < -0.3 is 15.0 Å². The quantitative estimate of drug-likeness (QED) is 0.652. The summed E-state index contributed by atoms with van der Waals surface area (Å²) in [6.45, 7) is 3.73. The molecule has 5 nitrogen and oxygen atoms in total. The highest BCUT2D eigenvalue weighted by molar-refractivity contribution is 5.76. The fraction of sp³-hybridized carbons (Fsp3) is 0.273. The number of carbonyl (C=O) groups is 1. The molecule has 0 amide bonds. The predicted octanol–water partition coefficient (Wildman–Crippen LogP) is 4.91. The molecule has 1 saturated carbocycles. The molecule has 5 heteroatoms. The van der Waals surface area contributed by atoms with E-state index >= 15 is 0 Å². The Kier molecular flexibility index (Phi) is 4.44. The van der Waals surface area contributed by atoms with Gasteiger partial charge in [-0.3, -0.25) is 4.79 Å². The second-order valence-electron chi connectivity index (χ2n) is 7.06. The molecule has 2 N–H and O–H groups in total. The second-order valence-corrected chi connectivity index (χ2v) is 7.06. The Morgan fingerprint density at radius 2 is 1.63 bits per heavy atom. The van der Waals surface area contributed by atoms with Crippen molar-refractivity contribution in [2.24, 2.45) is 5.92 Å². The molecule has 1 aromatic heterocycles. The fourth-order valence-corrected chi connectivity index (χ4v) is 3.00. The molecular weight excluding hydrogens is 340 g/mol. The van der Waals surface area contributed by atoms with Gasteiger partial charge in [0.1, 0.15) is 17.5 Å². The van der Waals surface area contributed by atoms with Crippen LogP contribution in [0.5, 0.6) is 0 Å². The number of hydrogen-bond donors (Lipinski definition) is 1. The molecule has 1 aliphatic rings. The Hall–Kier alpha value is -3.08. The standard InChI is InChI=1S/C22H22N2O3/c1-13-20(23)21(27-24-13)18-9-7-17(8-10-18)16-5-3-15(4-6-16)14(2)26-22(25)19-11-12-19/h3-10,14,19H,11-12,23H2,1-2H3. The number of hydrogen-bond acceptors (Lipinski definition) is 5. The highest BCUT2D eigenvalue weighted by Crippen LogP contribution is 2.33. The number of anilines is 1. The van der Waals surface area contributed by atoms with Gasteiger partial charge in [-0.05, 0) is 43.4 Å². The van der Waals surface area contributed by atoms with Gasteiger partial charge in [-0.15, -0.1) is 0 Å². The zero-order chi connectivity index (χ0) is 19.0. The Balaban J connectivity index is 1.48. The molecule has 1 aliphatic carbocycles. The zero-order valence-electron chi connectivity index (χ0n) is 15.4. The molecular formula is C22H22N2O3. The smallest absolute Gasteiger partial charge is 0.309 e. The van der Waals surface area contributed by atoms with Gasteiger partial charge in [-0.25, -0.2) is 0 Å². The molecule has 4 rings (SSSR count). The van der Waals surface area contributed by atoms with E-state index in [-0.39, 0.29) is 18.0 Å². The number of ether oxygens (including phenoxy) is 1. The summed E-state index contributed by atoms with van der Waals surface area (Å²) in [4.78, 5) is 11.8. The Bertz CT molecular complexity index is 954. The van der Waals surface area contributed by atoms with Crippen LogP contribution in [0.3, 0.4) is 0 Å². The van der Waals surface area contributed by atoms with Crippen molar-refractivity contribution in [2.45, 2.75) is 32.8 Å². The van der Waals surface area contributed by atoms with Crippen LogP contribution < -0.4 is 5.73 Å². The summed E-state index contributed by atoms with van der Waals surface area (Å²) in [5.41, 5.74) is 11.3. The van der Waals surface area contributed by atoms with E-state index in [1.54, 1.807) is 0 Å². The van der Waals surface area contributed by atoms with Crippen molar-refractivity contribution in [2.75, 3.05) is 5.73 Å². The van der Waals surface area contributed by atoms with Crippen LogP contribution in [0.2, 0.25) is 0 Å². The number of rotatable bonds is 5. The molecule has 0 saturated heterocycles. The van der Waals surface area contributed by atoms with Crippen molar-refractivity contribution in [1.29, 1.82) is 0 Å². The molecule has 2 aromatic carbocycles. The minimum Gasteiger partial charge on any atom is -0.458 e. The van der Waals surface area contributed by atoms with E-state index in [2.05, 4.69) is 5.16 Å². The molecule has 0 spiro atoms. The number of carbonyl (C=O) groups excluding carboxylic acids is 1. The highest BCUT2D eigenvalue weighted by Gasteiger charge is 2.32. The third-order valence-electron chi connectivity index (χ3n) is 4.97. The number of benzene rings is 2. The largest absolute Gasteiger partial charge is 0.458 e. The van der Waals surface area contributed by atoms with Crippen LogP contribution in [0.15, 0.2) is 53.1 Å². The highest BCUT2D eigenvalue weighted by atomic mass is 16.5. The third-order valence-corrected chi connectivity index (χ3v) is 4.97. The lowest BCUT2D eigenvalue weighted by Crippen LogP contribution is -2.10. The molecule has 0 bridgehead atoms. The molecule has 0 aliphatic heterocycles. The monoisotopic (exact) mass is 362 g/mol. The van der Waals surface area contributed by atoms with Gasteiger partial charge in [-0.2, -0.15) is 0 Å². The fourth-order valence-electron chi connectivity index (χ4n) is 3.00. The van der Waals surface area contributed by atoms with Crippen LogP contribution in [-0.4, -0.2) is 11.1 Å². The zero-order valence-corrected chi connectivity index (χ0v) is 15.4. The number of nitrogens with zero attached hydrogens (tertiary/aromatic N) is 1. The molecule has 1 atom stereocenters. The molecule has 27 heavy (non-hydrogen) atoms. The summed E-state index contributed by atoms with van der Waals surface area (Å²) < 4.78 is 10.8. The van der Waals surface area contributed by atoms with Crippen LogP contribution >= 0.6 is 0 Å². The van der Waals surface area contributed by atoms with E-state index in [1.807, 2.05) is 62.4 Å². The van der Waals surface area contributed by atoms with Gasteiger partial charge in [0.25, 0.3) is 0 Å². The first-order valence-electron chi connectivity index (χ1n) is 9.16. The lowest BCUT2D eigenvalue weighted by atomic mass is 10.0. The van der Waals surface area contributed by atoms with E-state index in [4.69, 9.17) is 15.0 Å². The van der Waals surface area contributed by atoms with E-state index in [9.17, 15) is 4.79 Å². The van der Waals surface area contributed by atoms with Crippen molar-refractivity contribution in [3.8, 4) is 22.5 Å². The number of aromatic nitrogens is 1. The summed E-state index contributed by atoms with van der Waals surface area (Å²) in [6, 6.07) is 16.1. The van der Waals surface area contributed by atoms with Gasteiger partial charge >= 0.3 is 5.97 Å². The molecule has 1 heterocycles. The summed E-state index contributed by atoms with van der Waals surface area (Å²) >= 11 is 0. The van der Waals surface area contributed by atoms with Crippen molar-refractivity contribution < 1.29 is 14.1 Å². The Morgan fingerprint density at radius 3 is 2.15 bits per heavy atom. The van der Waals surface area contributed by atoms with Gasteiger partial charge in [0.05, 0.1) is 5.92 Å². The van der Waals surface area contributed by atoms with E-state index in [1.165, 1.54) is 0 Å². The predicted molar refractivity (Wildman–Crippen MR) is 104 cm³/mol. The first kappa shape index (κ1) is 17.3. The molecule has 3 aromatic rings. The van der Waals surface area contributed by atoms with E-state index < -0.39 is 0 Å². The van der Waals surface area contributed by atoms with Crippen LogP contribution in [0.4, 0.5) is 5.69 Å². The first-order chi connectivity index (χ1) is 13.0. The Labute approximate surface area is 158 Å². The van der Waals surface area contributed by atoms with Crippen molar-refractivity contribution in [1.82, 2.24) is 5.16 Å². The number of esters is 1. The molecule has 0 radical (unpaired) electrons. The van der Waals surface area contributed by atoms with Gasteiger partial charge in [0.15, 0.2) is 5.76 Å². The summed E-state index contributed by atoms with van der Waals surface area (Å²) in [5, 5.41) is 3.90. The maximum absolute atomic E-state index is 11.8. The van der Waals surface area contributed by atoms with Crippen molar-refractivity contribution in [3.05, 3.63) is 59.8 Å². The van der Waals surface area contributed by atoms with Gasteiger partial charge in [0.2, 0.25) is 0 Å². The van der Waals surface area contributed by atoms with Crippen LogP contribution in [-0.2, 0) is 9.53 Å². The van der Waals surface area contributed by atoms with Crippen molar-refractivity contribution in [3.63, 3.8) is 0 Å². The summed E-state index contributed by atoms with van der Waals surface area (Å²) in [6.07, 6.45) is 1.69. The maximum Gasteiger partial charge on any atom is 0.309 e. The average Bonchev–Trinajstić information content (AvgIpc) is 3.49. The number of aryl methyl sites for hydroxylation is 1. The maximum atomic E-state index is 11.8. The van der Waals surface area contributed by atoms with Crippen LogP contribution in [0.1, 0.15) is 37.1 Å². The van der Waals surface area contributed by atoms with Gasteiger partial charge in [-0.1, -0.05) is 53.7 Å². The minimum atomic E-state index is -0.229. The topological polar surface area (TPSA) is 78.4 Å². The number of nitrogen functional groups attached to an aromatic ring is 1. The van der Waals surface area contributed by atoms with E-state index in [0.29, 0.717) is 17.1 Å². The Morgan fingerprint density at radius 1 is 1.07 bits per heavy atom. The number of nitrogens with two attached hydrogens (primary N) is 1. The molecule has 1 fully saturated rings. The average molecular weight is 362 g/mol. The molecule has 138 valence electrons. The third kappa shape index (κ3) is 3.58. The SMILES string of the molecule is Cc1noc(-c2ccc(-c3ccc(C(C)OC(=O)C4CC4)cc3)cc2)c1N. The summed E-state index contributed by atoms with van der Waals surface area (Å²) in [7, 11) is 0. The van der Waals surface area contributed by atoms with Crippen molar-refractivity contribution >= 4 is 11.7 Å². The molecule has 1 unspecified atom stereocenters. The first-order valence-corrected chi connectivity index (χ1v) is 9.16. The van der Waals surface area contributed by atoms with E-state index in [0.717, 1.165) is 35.1 Å². The van der Waals surface area contributed by atoms with Crippen LogP contribution in [0, 0.1) is 12.8 Å². The lowest BCUT2D eigenvalue weighted by Gasteiger charge is -2.14. The second kappa shape index (κ2) is 6.91. The normalized spacial score (nSPS) is 14.7. The lowest BCUT2D eigenvalue weighted by molar-refractivity contribution is -0.150. The van der Waals surface area contributed by atoms with Gasteiger partial charge in [0, 0.05) is 5.56 Å². The minimum absolute atomic E-state index is 0.0795. The summed E-state index contributed by atoms with van der Waals surface area (Å²) in [5.74, 6) is 0.636. The van der Waals surface area contributed by atoms with Crippen LogP contribution in [0.25, 0.3) is 22.5 Å².